The van der Waals surface area contributed by atoms with Crippen LogP contribution in [0.4, 0.5) is 0 Å². The second kappa shape index (κ2) is 3.41. The summed E-state index contributed by atoms with van der Waals surface area (Å²) in [7, 11) is 0. The van der Waals surface area contributed by atoms with E-state index in [2.05, 4.69) is 27.0 Å². The first-order valence-electron chi connectivity index (χ1n) is 5.27. The Labute approximate surface area is 95.9 Å². The van der Waals surface area contributed by atoms with E-state index in [0.717, 1.165) is 6.42 Å². The highest BCUT2D eigenvalue weighted by atomic mass is 16.5. The normalized spacial score (nSPS) is 22.6. The van der Waals surface area contributed by atoms with Crippen LogP contribution in [0, 0.1) is 5.92 Å². The van der Waals surface area contributed by atoms with E-state index in [9.17, 15) is 4.79 Å². The van der Waals surface area contributed by atoms with Crippen molar-refractivity contribution < 1.29 is 14.4 Å². The molecule has 2 heterocycles. The third-order valence-electron chi connectivity index (χ3n) is 2.94. The zero-order chi connectivity index (χ0) is 12.0. The Morgan fingerprint density at radius 1 is 1.65 bits per heavy atom. The molecule has 2 N–H and O–H groups in total. The van der Waals surface area contributed by atoms with Crippen molar-refractivity contribution >= 4 is 5.97 Å². The summed E-state index contributed by atoms with van der Waals surface area (Å²) in [5.41, 5.74) is 0.147. The zero-order valence-electron chi connectivity index (χ0n) is 9.04. The minimum absolute atomic E-state index is 0.107. The first kappa shape index (κ1) is 10.0. The maximum atomic E-state index is 10.9. The van der Waals surface area contributed by atoms with E-state index < -0.39 is 5.97 Å². The predicted molar refractivity (Wildman–Crippen MR) is 55.4 cm³/mol. The van der Waals surface area contributed by atoms with Crippen LogP contribution in [0.25, 0.3) is 11.6 Å². The lowest BCUT2D eigenvalue weighted by atomic mass is 10.3. The molecule has 88 valence electrons. The molecule has 2 aromatic heterocycles. The topological polar surface area (TPSA) is 105 Å². The molecule has 2 unspecified atom stereocenters. The fraction of sp³-hybridized carbons (Fsp3) is 0.400. The Bertz CT molecular complexity index is 574. The number of carboxylic acids is 1. The van der Waals surface area contributed by atoms with Crippen LogP contribution < -0.4 is 0 Å². The van der Waals surface area contributed by atoms with Gasteiger partial charge in [-0.2, -0.15) is 4.98 Å². The van der Waals surface area contributed by atoms with Crippen molar-refractivity contribution in [2.45, 2.75) is 19.3 Å². The monoisotopic (exact) mass is 234 g/mol. The number of rotatable bonds is 3. The van der Waals surface area contributed by atoms with Gasteiger partial charge in [0, 0.05) is 5.92 Å². The third kappa shape index (κ3) is 1.59. The van der Waals surface area contributed by atoms with Gasteiger partial charge >= 0.3 is 5.97 Å². The molecule has 7 heteroatoms. The van der Waals surface area contributed by atoms with Crippen LogP contribution in [0.1, 0.15) is 35.6 Å². The van der Waals surface area contributed by atoms with Crippen molar-refractivity contribution in [3.05, 3.63) is 17.8 Å². The first-order valence-corrected chi connectivity index (χ1v) is 5.27. The number of nitrogens with one attached hydrogen (secondary N) is 1. The number of carboxylic acid groups (broad SMARTS) is 1. The number of hydrogen-bond acceptors (Lipinski definition) is 5. The van der Waals surface area contributed by atoms with Crippen molar-refractivity contribution in [3.63, 3.8) is 0 Å². The van der Waals surface area contributed by atoms with Crippen LogP contribution in [0.5, 0.6) is 0 Å². The van der Waals surface area contributed by atoms with Crippen molar-refractivity contribution in [2.75, 3.05) is 0 Å². The van der Waals surface area contributed by atoms with E-state index in [1.54, 1.807) is 0 Å². The van der Waals surface area contributed by atoms with Gasteiger partial charge in [-0.3, -0.25) is 0 Å². The third-order valence-corrected chi connectivity index (χ3v) is 2.94. The zero-order valence-corrected chi connectivity index (χ0v) is 9.04. The van der Waals surface area contributed by atoms with E-state index in [1.807, 2.05) is 0 Å². The average Bonchev–Trinajstić information content (AvgIpc) is 2.77. The van der Waals surface area contributed by atoms with Gasteiger partial charge in [0.2, 0.25) is 0 Å². The largest absolute Gasteiger partial charge is 0.476 e. The highest BCUT2D eigenvalue weighted by Gasteiger charge is 2.38. The SMILES string of the molecule is CC1CC1c1noc(-c2[nH]cnc2C(=O)O)n1. The second-order valence-electron chi connectivity index (χ2n) is 4.21. The maximum Gasteiger partial charge on any atom is 0.356 e. The molecule has 0 aliphatic heterocycles. The lowest BCUT2D eigenvalue weighted by Gasteiger charge is -1.90. The van der Waals surface area contributed by atoms with Crippen LogP contribution in [0.3, 0.4) is 0 Å². The summed E-state index contributed by atoms with van der Waals surface area (Å²) < 4.78 is 5.05. The second-order valence-corrected chi connectivity index (χ2v) is 4.21. The molecule has 0 aromatic carbocycles. The Hall–Kier alpha value is -2.18. The molecule has 0 bridgehead atoms. The molecule has 3 rings (SSSR count). The summed E-state index contributed by atoms with van der Waals surface area (Å²) in [6, 6.07) is 0. The number of imidazole rings is 1. The van der Waals surface area contributed by atoms with Crippen molar-refractivity contribution in [2.24, 2.45) is 5.92 Å². The standard InChI is InChI=1S/C10H10N4O3/c1-4-2-5(4)8-13-9(17-14-8)6-7(10(15)16)12-3-11-6/h3-5H,2H2,1H3,(H,11,12)(H,15,16). The smallest absolute Gasteiger partial charge is 0.356 e. The molecule has 0 amide bonds. The Morgan fingerprint density at radius 2 is 2.41 bits per heavy atom. The molecular formula is C10H10N4O3. The van der Waals surface area contributed by atoms with Gasteiger partial charge in [-0.05, 0) is 12.3 Å². The number of hydrogen-bond donors (Lipinski definition) is 2. The van der Waals surface area contributed by atoms with Crippen molar-refractivity contribution in [3.8, 4) is 11.6 Å². The number of nitrogens with zero attached hydrogens (tertiary/aromatic N) is 3. The first-order chi connectivity index (χ1) is 8.16. The lowest BCUT2D eigenvalue weighted by molar-refractivity contribution is 0.0691. The Morgan fingerprint density at radius 3 is 3.06 bits per heavy atom. The van der Waals surface area contributed by atoms with Gasteiger partial charge in [-0.25, -0.2) is 9.78 Å². The van der Waals surface area contributed by atoms with Gasteiger partial charge in [0.05, 0.1) is 6.33 Å². The molecule has 1 saturated carbocycles. The van der Waals surface area contributed by atoms with E-state index in [0.29, 0.717) is 17.7 Å². The minimum atomic E-state index is -1.12. The van der Waals surface area contributed by atoms with Crippen LogP contribution >= 0.6 is 0 Å². The molecule has 2 aromatic rings. The summed E-state index contributed by atoms with van der Waals surface area (Å²) >= 11 is 0. The number of aromatic amines is 1. The Kier molecular flexibility index (Phi) is 2.01. The summed E-state index contributed by atoms with van der Waals surface area (Å²) in [5.74, 6) is 0.595. The maximum absolute atomic E-state index is 10.9. The molecular weight excluding hydrogens is 224 g/mol. The van der Waals surface area contributed by atoms with Gasteiger partial charge in [0.15, 0.2) is 11.5 Å². The molecule has 2 atom stereocenters. The molecule has 0 spiro atoms. The van der Waals surface area contributed by atoms with Gasteiger partial charge in [0.1, 0.15) is 5.69 Å². The molecule has 17 heavy (non-hydrogen) atoms. The molecule has 1 aliphatic rings. The van der Waals surface area contributed by atoms with Crippen LogP contribution in [-0.4, -0.2) is 31.2 Å². The molecule has 0 saturated heterocycles. The van der Waals surface area contributed by atoms with Gasteiger partial charge in [-0.15, -0.1) is 0 Å². The highest BCUT2D eigenvalue weighted by molar-refractivity contribution is 5.91. The van der Waals surface area contributed by atoms with Crippen LogP contribution in [0.2, 0.25) is 0 Å². The van der Waals surface area contributed by atoms with Gasteiger partial charge in [-0.1, -0.05) is 12.1 Å². The van der Waals surface area contributed by atoms with E-state index in [-0.39, 0.29) is 17.3 Å². The van der Waals surface area contributed by atoms with Crippen LogP contribution in [-0.2, 0) is 0 Å². The van der Waals surface area contributed by atoms with E-state index in [1.165, 1.54) is 6.33 Å². The fourth-order valence-corrected chi connectivity index (χ4v) is 1.79. The summed E-state index contributed by atoms with van der Waals surface area (Å²) in [6.07, 6.45) is 2.34. The van der Waals surface area contributed by atoms with E-state index in [4.69, 9.17) is 9.63 Å². The van der Waals surface area contributed by atoms with Crippen LogP contribution in [0.15, 0.2) is 10.9 Å². The van der Waals surface area contributed by atoms with Crippen molar-refractivity contribution in [1.82, 2.24) is 20.1 Å². The van der Waals surface area contributed by atoms with Gasteiger partial charge < -0.3 is 14.6 Å². The quantitative estimate of drug-likeness (QED) is 0.828. The summed E-state index contributed by atoms with van der Waals surface area (Å²) in [5, 5.41) is 12.8. The fourth-order valence-electron chi connectivity index (χ4n) is 1.79. The highest BCUT2D eigenvalue weighted by Crippen LogP contribution is 2.45. The number of aromatic nitrogens is 4. The van der Waals surface area contributed by atoms with E-state index >= 15 is 0 Å². The number of aromatic carboxylic acids is 1. The molecule has 7 nitrogen and oxygen atoms in total. The van der Waals surface area contributed by atoms with Crippen molar-refractivity contribution in [1.29, 1.82) is 0 Å². The minimum Gasteiger partial charge on any atom is -0.476 e. The molecule has 0 radical (unpaired) electrons. The summed E-state index contributed by atoms with van der Waals surface area (Å²) in [6.45, 7) is 2.11. The molecule has 1 fully saturated rings. The number of carbonyl (C=O) groups is 1. The average molecular weight is 234 g/mol. The van der Waals surface area contributed by atoms with Gasteiger partial charge in [0.25, 0.3) is 5.89 Å². The lowest BCUT2D eigenvalue weighted by Crippen LogP contribution is -1.99. The molecule has 1 aliphatic carbocycles. The number of H-pyrrole nitrogens is 1. The summed E-state index contributed by atoms with van der Waals surface area (Å²) in [4.78, 5) is 21.5. The predicted octanol–water partition coefficient (Wildman–Crippen LogP) is 1.28. The Balaban J connectivity index is 1.95.